The van der Waals surface area contributed by atoms with Gasteiger partial charge in [-0.1, -0.05) is 6.42 Å². The van der Waals surface area contributed by atoms with Gasteiger partial charge in [0.05, 0.1) is 11.9 Å². The summed E-state index contributed by atoms with van der Waals surface area (Å²) in [6, 6.07) is 6.19. The maximum Gasteiger partial charge on any atom is 0.417 e. The fourth-order valence-electron chi connectivity index (χ4n) is 2.60. The predicted octanol–water partition coefficient (Wildman–Crippen LogP) is 3.84. The molecule has 1 aliphatic rings. The van der Waals surface area contributed by atoms with E-state index in [1.165, 1.54) is 31.4 Å². The number of carbonyl (C=O) groups excluding carboxylic acids is 1. The number of imidazole rings is 1. The molecule has 1 amide bonds. The van der Waals surface area contributed by atoms with E-state index in [1.54, 1.807) is 23.2 Å². The Hall–Kier alpha value is -2.37. The highest BCUT2D eigenvalue weighted by Crippen LogP contribution is 2.27. The van der Waals surface area contributed by atoms with E-state index in [9.17, 15) is 9.18 Å². The van der Waals surface area contributed by atoms with Crippen LogP contribution in [0, 0.1) is 11.7 Å². The maximum absolute atomic E-state index is 12.9. The third-order valence-electron chi connectivity index (χ3n) is 4.23. The first-order valence-corrected chi connectivity index (χ1v) is 7.93. The van der Waals surface area contributed by atoms with E-state index < -0.39 is 0 Å². The molecule has 1 saturated carbocycles. The summed E-state index contributed by atoms with van der Waals surface area (Å²) < 4.78 is 18.3. The molecule has 3 rings (SSSR count). The minimum absolute atomic E-state index is 0.154. The monoisotopic (exact) mass is 317 g/mol. The summed E-state index contributed by atoms with van der Waals surface area (Å²) in [5.74, 6) is 0.295. The van der Waals surface area contributed by atoms with Crippen LogP contribution in [0.5, 0.6) is 6.01 Å². The number of H-pyrrole nitrogens is 1. The van der Waals surface area contributed by atoms with E-state index in [2.05, 4.69) is 9.97 Å². The smallest absolute Gasteiger partial charge is 0.375 e. The lowest BCUT2D eigenvalue weighted by atomic mass is 9.85. The van der Waals surface area contributed by atoms with Crippen molar-refractivity contribution in [1.82, 2.24) is 14.9 Å². The summed E-state index contributed by atoms with van der Waals surface area (Å²) in [4.78, 5) is 20.9. The molecule has 1 aromatic carbocycles. The molecule has 2 aromatic rings. The first-order valence-electron chi connectivity index (χ1n) is 7.93. The number of hydrogen-bond acceptors (Lipinski definition) is 3. The Kier molecular flexibility index (Phi) is 4.60. The molecule has 1 aliphatic carbocycles. The van der Waals surface area contributed by atoms with Crippen LogP contribution in [0.15, 0.2) is 30.5 Å². The van der Waals surface area contributed by atoms with Crippen LogP contribution in [0.25, 0.3) is 11.3 Å². The van der Waals surface area contributed by atoms with Crippen molar-refractivity contribution in [2.75, 3.05) is 13.1 Å². The summed E-state index contributed by atoms with van der Waals surface area (Å²) in [6.45, 7) is 3.29. The zero-order valence-corrected chi connectivity index (χ0v) is 13.1. The van der Waals surface area contributed by atoms with E-state index in [1.807, 2.05) is 6.92 Å². The summed E-state index contributed by atoms with van der Waals surface area (Å²) in [5.41, 5.74) is 1.46. The molecule has 1 N–H and O–H groups in total. The molecular weight excluding hydrogens is 297 g/mol. The Morgan fingerprint density at radius 2 is 2.13 bits per heavy atom. The van der Waals surface area contributed by atoms with E-state index >= 15 is 0 Å². The number of nitrogens with zero attached hydrogens (tertiary/aromatic N) is 2. The van der Waals surface area contributed by atoms with Gasteiger partial charge in [0.2, 0.25) is 0 Å². The number of amides is 1. The number of benzene rings is 1. The molecule has 0 bridgehead atoms. The van der Waals surface area contributed by atoms with Crippen molar-refractivity contribution in [3.05, 3.63) is 36.3 Å². The number of aromatic amines is 1. The molecule has 122 valence electrons. The summed E-state index contributed by atoms with van der Waals surface area (Å²) >= 11 is 0. The summed E-state index contributed by atoms with van der Waals surface area (Å²) in [5, 5.41) is 0. The van der Waals surface area contributed by atoms with Crippen molar-refractivity contribution in [2.24, 2.45) is 5.92 Å². The van der Waals surface area contributed by atoms with Crippen molar-refractivity contribution >= 4 is 6.09 Å². The fourth-order valence-corrected chi connectivity index (χ4v) is 2.60. The first kappa shape index (κ1) is 15.5. The van der Waals surface area contributed by atoms with Gasteiger partial charge in [-0.3, -0.25) is 0 Å². The van der Waals surface area contributed by atoms with E-state index in [4.69, 9.17) is 4.74 Å². The van der Waals surface area contributed by atoms with Crippen LogP contribution in [0.3, 0.4) is 0 Å². The molecule has 5 nitrogen and oxygen atoms in total. The lowest BCUT2D eigenvalue weighted by molar-refractivity contribution is 0.131. The Labute approximate surface area is 134 Å². The zero-order valence-electron chi connectivity index (χ0n) is 13.1. The number of aromatic nitrogens is 2. The Bertz CT molecular complexity index is 665. The topological polar surface area (TPSA) is 58.2 Å². The van der Waals surface area contributed by atoms with Gasteiger partial charge in [-0.25, -0.2) is 14.2 Å². The average molecular weight is 317 g/mol. The van der Waals surface area contributed by atoms with E-state index in [0.717, 1.165) is 12.1 Å². The van der Waals surface area contributed by atoms with Gasteiger partial charge < -0.3 is 14.6 Å². The highest BCUT2D eigenvalue weighted by Gasteiger charge is 2.24. The van der Waals surface area contributed by atoms with Crippen molar-refractivity contribution in [1.29, 1.82) is 0 Å². The molecule has 0 spiro atoms. The average Bonchev–Trinajstić information content (AvgIpc) is 2.95. The van der Waals surface area contributed by atoms with E-state index in [0.29, 0.717) is 18.2 Å². The number of nitrogens with one attached hydrogen (secondary N) is 1. The Morgan fingerprint density at radius 3 is 2.74 bits per heavy atom. The molecule has 0 radical (unpaired) electrons. The van der Waals surface area contributed by atoms with Gasteiger partial charge in [-0.15, -0.1) is 0 Å². The van der Waals surface area contributed by atoms with Gasteiger partial charge in [0.1, 0.15) is 5.82 Å². The molecule has 0 atom stereocenters. The molecule has 1 heterocycles. The second-order valence-corrected chi connectivity index (χ2v) is 5.81. The Balaban J connectivity index is 1.63. The molecule has 23 heavy (non-hydrogen) atoms. The Morgan fingerprint density at radius 1 is 1.39 bits per heavy atom. The van der Waals surface area contributed by atoms with Gasteiger partial charge in [0, 0.05) is 13.1 Å². The van der Waals surface area contributed by atoms with E-state index in [-0.39, 0.29) is 17.9 Å². The summed E-state index contributed by atoms with van der Waals surface area (Å²) in [7, 11) is 0. The largest absolute Gasteiger partial charge is 0.417 e. The van der Waals surface area contributed by atoms with Crippen molar-refractivity contribution in [2.45, 2.75) is 26.2 Å². The normalized spacial score (nSPS) is 14.3. The van der Waals surface area contributed by atoms with Crippen LogP contribution in [0.4, 0.5) is 9.18 Å². The molecule has 0 aliphatic heterocycles. The molecular formula is C17H20FN3O2. The molecule has 6 heteroatoms. The number of hydrogen-bond donors (Lipinski definition) is 1. The van der Waals surface area contributed by atoms with Crippen molar-refractivity contribution in [3.63, 3.8) is 0 Å². The van der Waals surface area contributed by atoms with Crippen LogP contribution in [0.1, 0.15) is 26.2 Å². The predicted molar refractivity (Wildman–Crippen MR) is 84.6 cm³/mol. The molecule has 0 unspecified atom stereocenters. The van der Waals surface area contributed by atoms with Gasteiger partial charge in [-0.05, 0) is 55.5 Å². The van der Waals surface area contributed by atoms with Gasteiger partial charge >= 0.3 is 12.1 Å². The van der Waals surface area contributed by atoms with Crippen molar-refractivity contribution < 1.29 is 13.9 Å². The van der Waals surface area contributed by atoms with Gasteiger partial charge in [0.15, 0.2) is 0 Å². The van der Waals surface area contributed by atoms with Gasteiger partial charge in [0.25, 0.3) is 0 Å². The number of halogens is 1. The third kappa shape index (κ3) is 3.70. The number of rotatable bonds is 5. The number of ether oxygens (including phenoxy) is 1. The fraction of sp³-hybridized carbons (Fsp3) is 0.412. The highest BCUT2D eigenvalue weighted by atomic mass is 19.1. The van der Waals surface area contributed by atoms with Crippen LogP contribution in [-0.2, 0) is 0 Å². The standard InChI is InChI=1S/C17H20FN3O2/c1-2-21(11-12-4-3-5-12)17(22)23-16-19-10-15(20-16)13-6-8-14(18)9-7-13/h6-10,12H,2-5,11H2,1H3,(H,19,20). The van der Waals surface area contributed by atoms with Crippen LogP contribution < -0.4 is 4.74 Å². The quantitative estimate of drug-likeness (QED) is 0.911. The molecule has 1 fully saturated rings. The van der Waals surface area contributed by atoms with Crippen molar-refractivity contribution in [3.8, 4) is 17.3 Å². The summed E-state index contributed by atoms with van der Waals surface area (Å²) in [6.07, 6.45) is 4.78. The minimum atomic E-state index is -0.389. The first-order chi connectivity index (χ1) is 11.2. The molecule has 0 saturated heterocycles. The zero-order chi connectivity index (χ0) is 16.2. The van der Waals surface area contributed by atoms with Crippen LogP contribution >= 0.6 is 0 Å². The lowest BCUT2D eigenvalue weighted by Gasteiger charge is -2.30. The minimum Gasteiger partial charge on any atom is -0.375 e. The SMILES string of the molecule is CCN(CC1CCC1)C(=O)Oc1ncc(-c2ccc(F)cc2)[nH]1. The van der Waals surface area contributed by atoms with Crippen LogP contribution in [0.2, 0.25) is 0 Å². The lowest BCUT2D eigenvalue weighted by Crippen LogP contribution is -2.39. The maximum atomic E-state index is 12.9. The van der Waals surface area contributed by atoms with Crippen LogP contribution in [-0.4, -0.2) is 34.1 Å². The highest BCUT2D eigenvalue weighted by molar-refractivity contribution is 5.70. The van der Waals surface area contributed by atoms with Gasteiger partial charge in [-0.2, -0.15) is 0 Å². The third-order valence-corrected chi connectivity index (χ3v) is 4.23. The number of carbonyl (C=O) groups is 1. The second kappa shape index (κ2) is 6.81. The second-order valence-electron chi connectivity index (χ2n) is 5.81. The molecule has 1 aromatic heterocycles.